The quantitative estimate of drug-likeness (QED) is 0.127. The number of hydrogen-bond donors (Lipinski definition) is 0. The summed E-state index contributed by atoms with van der Waals surface area (Å²) < 4.78 is 2.47. The minimum atomic E-state index is 1.08. The van der Waals surface area contributed by atoms with E-state index in [0.717, 1.165) is 62.0 Å². The van der Waals surface area contributed by atoms with Crippen LogP contribution in [0.2, 0.25) is 0 Å². The van der Waals surface area contributed by atoms with Crippen LogP contribution in [0.1, 0.15) is 0 Å². The molecule has 14 aromatic carbocycles. The van der Waals surface area contributed by atoms with Crippen LogP contribution in [0.4, 0.5) is 34.1 Å². The van der Waals surface area contributed by atoms with E-state index in [0.29, 0.717) is 0 Å². The summed E-state index contributed by atoms with van der Waals surface area (Å²) in [6.45, 7) is 0. The molecule has 3 nitrogen and oxygen atoms in total. The predicted octanol–water partition coefficient (Wildman–Crippen LogP) is 21.3. The van der Waals surface area contributed by atoms with Gasteiger partial charge in [0.1, 0.15) is 0 Å². The molecule has 1 aromatic heterocycles. The van der Waals surface area contributed by atoms with Gasteiger partial charge in [-0.15, -0.1) is 0 Å². The molecular formula is C76H51N3. The fourth-order valence-electron chi connectivity index (χ4n) is 12.2. The van der Waals surface area contributed by atoms with Crippen molar-refractivity contribution in [1.29, 1.82) is 0 Å². The Morgan fingerprint density at radius 1 is 0.203 bits per heavy atom. The average molecular weight is 1010 g/mol. The molecule has 0 fully saturated rings. The van der Waals surface area contributed by atoms with Crippen LogP contribution in [0.3, 0.4) is 0 Å². The third kappa shape index (κ3) is 8.07. The van der Waals surface area contributed by atoms with Crippen molar-refractivity contribution in [3.8, 4) is 39.1 Å². The summed E-state index contributed by atoms with van der Waals surface area (Å²) in [6, 6.07) is 113. The summed E-state index contributed by atoms with van der Waals surface area (Å²) in [6.07, 6.45) is 0. The maximum Gasteiger partial charge on any atom is 0.0542 e. The van der Waals surface area contributed by atoms with Crippen LogP contribution in [-0.4, -0.2) is 4.57 Å². The maximum absolute atomic E-state index is 2.47. The van der Waals surface area contributed by atoms with Crippen molar-refractivity contribution in [2.24, 2.45) is 0 Å². The molecule has 0 aliphatic rings. The molecule has 0 saturated carbocycles. The lowest BCUT2D eigenvalue weighted by Gasteiger charge is -2.27. The molecule has 0 unspecified atom stereocenters. The Labute approximate surface area is 459 Å². The zero-order valence-electron chi connectivity index (χ0n) is 43.3. The monoisotopic (exact) mass is 1010 g/mol. The first kappa shape index (κ1) is 45.9. The number of nitrogens with zero attached hydrogens (tertiary/aromatic N) is 3. The molecule has 3 heteroatoms. The molecule has 79 heavy (non-hydrogen) atoms. The highest BCUT2D eigenvalue weighted by Crippen LogP contribution is 2.45. The third-order valence-corrected chi connectivity index (χ3v) is 15.9. The molecule has 0 saturated heterocycles. The molecule has 0 N–H and O–H groups in total. The molecule has 0 amide bonds. The number of fused-ring (bicyclic) bond motifs is 10. The van der Waals surface area contributed by atoms with Crippen LogP contribution >= 0.6 is 0 Å². The molecule has 0 aliphatic carbocycles. The van der Waals surface area contributed by atoms with Gasteiger partial charge in [0, 0.05) is 50.3 Å². The first-order chi connectivity index (χ1) is 39.2. The lowest BCUT2D eigenvalue weighted by atomic mass is 9.94. The molecule has 0 bridgehead atoms. The molecule has 0 spiro atoms. The molecular weight excluding hydrogens is 955 g/mol. The van der Waals surface area contributed by atoms with Crippen molar-refractivity contribution < 1.29 is 0 Å². The number of aromatic nitrogens is 1. The van der Waals surface area contributed by atoms with Gasteiger partial charge in [-0.25, -0.2) is 0 Å². The van der Waals surface area contributed by atoms with Crippen molar-refractivity contribution >= 4 is 99.0 Å². The Bertz CT molecular complexity index is 4610. The minimum Gasteiger partial charge on any atom is -0.310 e. The fraction of sp³-hybridized carbons (Fsp3) is 0. The second-order valence-corrected chi connectivity index (χ2v) is 20.5. The first-order valence-electron chi connectivity index (χ1n) is 27.1. The highest BCUT2D eigenvalue weighted by molar-refractivity contribution is 6.26. The van der Waals surface area contributed by atoms with E-state index in [4.69, 9.17) is 0 Å². The number of hydrogen-bond acceptors (Lipinski definition) is 2. The van der Waals surface area contributed by atoms with Crippen LogP contribution in [-0.2, 0) is 0 Å². The van der Waals surface area contributed by atoms with Gasteiger partial charge in [0.25, 0.3) is 0 Å². The summed E-state index contributed by atoms with van der Waals surface area (Å²) in [5.41, 5.74) is 17.1. The number of rotatable bonds is 10. The molecule has 0 atom stereocenters. The second kappa shape index (κ2) is 19.3. The summed E-state index contributed by atoms with van der Waals surface area (Å²) in [7, 11) is 0. The Morgan fingerprint density at radius 3 is 1.18 bits per heavy atom. The molecule has 370 valence electrons. The Morgan fingerprint density at radius 2 is 0.595 bits per heavy atom. The van der Waals surface area contributed by atoms with Gasteiger partial charge in [-0.05, 0) is 168 Å². The van der Waals surface area contributed by atoms with Crippen LogP contribution < -0.4 is 9.80 Å². The van der Waals surface area contributed by atoms with Gasteiger partial charge in [-0.2, -0.15) is 0 Å². The van der Waals surface area contributed by atoms with E-state index in [9.17, 15) is 0 Å². The third-order valence-electron chi connectivity index (χ3n) is 15.9. The van der Waals surface area contributed by atoms with E-state index in [1.807, 2.05) is 0 Å². The Balaban J connectivity index is 0.914. The fourth-order valence-corrected chi connectivity index (χ4v) is 12.2. The smallest absolute Gasteiger partial charge is 0.0542 e. The van der Waals surface area contributed by atoms with Gasteiger partial charge >= 0.3 is 0 Å². The topological polar surface area (TPSA) is 11.4 Å². The molecule has 15 rings (SSSR count). The molecule has 15 aromatic rings. The second-order valence-electron chi connectivity index (χ2n) is 20.5. The van der Waals surface area contributed by atoms with E-state index >= 15 is 0 Å². The van der Waals surface area contributed by atoms with Gasteiger partial charge in [0.05, 0.1) is 16.7 Å². The van der Waals surface area contributed by atoms with Crippen LogP contribution in [0, 0.1) is 0 Å². The largest absolute Gasteiger partial charge is 0.310 e. The number of para-hydroxylation sites is 1. The predicted molar refractivity (Wildman–Crippen MR) is 336 cm³/mol. The highest BCUT2D eigenvalue weighted by atomic mass is 15.1. The van der Waals surface area contributed by atoms with Crippen LogP contribution in [0.25, 0.3) is 104 Å². The summed E-state index contributed by atoms with van der Waals surface area (Å²) in [5, 5.41) is 12.3. The average Bonchev–Trinajstić information content (AvgIpc) is 4.05. The molecule has 1 heterocycles. The van der Waals surface area contributed by atoms with E-state index < -0.39 is 0 Å². The van der Waals surface area contributed by atoms with Crippen molar-refractivity contribution in [1.82, 2.24) is 4.57 Å². The van der Waals surface area contributed by atoms with Crippen molar-refractivity contribution in [3.05, 3.63) is 309 Å². The highest BCUT2D eigenvalue weighted by Gasteiger charge is 2.21. The van der Waals surface area contributed by atoms with Gasteiger partial charge in [0.15, 0.2) is 0 Å². The number of anilines is 6. The molecule has 0 aliphatic heterocycles. The summed E-state index contributed by atoms with van der Waals surface area (Å²) in [5.74, 6) is 0. The van der Waals surface area contributed by atoms with Crippen molar-refractivity contribution in [2.75, 3.05) is 9.80 Å². The SMILES string of the molecule is c1ccc(-c2ccc(N(c3ccc(-c4ccccc4)cc3)c3ccc4c(c3)c3cc(-c5ccc(N(c6ccccc6)c6cccc7ccccc67)cc5)ccc3n4-c3ccc4c5ccccc5c5ccccc5c4c3)cc2)cc1. The van der Waals surface area contributed by atoms with E-state index in [1.165, 1.54) is 76.1 Å². The number of benzene rings is 14. The van der Waals surface area contributed by atoms with Crippen LogP contribution in [0.5, 0.6) is 0 Å². The molecule has 0 radical (unpaired) electrons. The minimum absolute atomic E-state index is 1.08. The van der Waals surface area contributed by atoms with E-state index in [1.54, 1.807) is 0 Å². The van der Waals surface area contributed by atoms with Gasteiger partial charge < -0.3 is 14.4 Å². The zero-order chi connectivity index (χ0) is 52.2. The van der Waals surface area contributed by atoms with Crippen molar-refractivity contribution in [3.63, 3.8) is 0 Å². The van der Waals surface area contributed by atoms with Gasteiger partial charge in [-0.3, -0.25) is 0 Å². The van der Waals surface area contributed by atoms with Gasteiger partial charge in [-0.1, -0.05) is 212 Å². The van der Waals surface area contributed by atoms with Crippen molar-refractivity contribution in [2.45, 2.75) is 0 Å². The maximum atomic E-state index is 2.47. The lowest BCUT2D eigenvalue weighted by molar-refractivity contribution is 1.18. The summed E-state index contributed by atoms with van der Waals surface area (Å²) >= 11 is 0. The van der Waals surface area contributed by atoms with E-state index in [-0.39, 0.29) is 0 Å². The van der Waals surface area contributed by atoms with Gasteiger partial charge in [0.2, 0.25) is 0 Å². The Kier molecular flexibility index (Phi) is 11.2. The Hall–Kier alpha value is -10.5. The summed E-state index contributed by atoms with van der Waals surface area (Å²) in [4.78, 5) is 4.77. The van der Waals surface area contributed by atoms with E-state index in [2.05, 4.69) is 324 Å². The zero-order valence-corrected chi connectivity index (χ0v) is 43.3. The standard InChI is InChI=1S/C76H51N3/c1-4-17-52(18-5-1)54-31-38-60(39-32-54)77(61-40-33-55(34-41-61)53-19-6-2-7-20-53)63-45-48-76-73(51-63)72-49-58(56-35-42-62(43-36-56)78(59-23-8-3-9-24-59)74-30-16-22-57-21-10-11-25-65(57)74)37-47-75(72)79(76)64-44-46-70-68-28-13-12-26-66(68)67-27-14-15-29-69(67)71(70)50-64/h1-51H. The van der Waals surface area contributed by atoms with Crippen LogP contribution in [0.15, 0.2) is 309 Å². The first-order valence-corrected chi connectivity index (χ1v) is 27.1. The lowest BCUT2D eigenvalue weighted by Crippen LogP contribution is -2.10. The normalized spacial score (nSPS) is 11.5.